The van der Waals surface area contributed by atoms with Gasteiger partial charge in [0.15, 0.2) is 0 Å². The van der Waals surface area contributed by atoms with E-state index < -0.39 is 12.7 Å². The first-order valence-corrected chi connectivity index (χ1v) is 6.90. The van der Waals surface area contributed by atoms with E-state index in [1.165, 1.54) is 12.1 Å². The van der Waals surface area contributed by atoms with E-state index in [4.69, 9.17) is 0 Å². The molecule has 20 heavy (non-hydrogen) atoms. The summed E-state index contributed by atoms with van der Waals surface area (Å²) in [5.41, 5.74) is 0.564. The van der Waals surface area contributed by atoms with Crippen molar-refractivity contribution in [2.45, 2.75) is 45.9 Å². The third kappa shape index (κ3) is 5.43. The molecule has 2 atom stereocenters. The Hall–Kier alpha value is -1.20. The van der Waals surface area contributed by atoms with Gasteiger partial charge in [0.05, 0.1) is 6.10 Å². The molecule has 5 heteroatoms. The lowest BCUT2D eigenvalue weighted by atomic mass is 10.0. The first-order valence-electron chi connectivity index (χ1n) is 6.90. The zero-order valence-corrected chi connectivity index (χ0v) is 12.1. The van der Waals surface area contributed by atoms with Gasteiger partial charge in [0.1, 0.15) is 5.75 Å². The second kappa shape index (κ2) is 8.17. The Morgan fingerprint density at radius 2 is 2.00 bits per heavy atom. The Morgan fingerprint density at radius 1 is 1.30 bits per heavy atom. The van der Waals surface area contributed by atoms with Gasteiger partial charge in [0.2, 0.25) is 0 Å². The van der Waals surface area contributed by atoms with Crippen LogP contribution in [-0.4, -0.2) is 24.3 Å². The van der Waals surface area contributed by atoms with Crippen molar-refractivity contribution in [3.05, 3.63) is 29.8 Å². The molecule has 3 nitrogen and oxygen atoms in total. The van der Waals surface area contributed by atoms with Gasteiger partial charge in [-0.15, -0.1) is 0 Å². The second-order valence-electron chi connectivity index (χ2n) is 5.13. The molecule has 0 aliphatic rings. The van der Waals surface area contributed by atoms with Crippen molar-refractivity contribution in [1.29, 1.82) is 0 Å². The Balaban J connectivity index is 2.60. The predicted molar refractivity (Wildman–Crippen MR) is 75.0 cm³/mol. The number of aliphatic hydroxyl groups is 1. The zero-order chi connectivity index (χ0) is 15.1. The van der Waals surface area contributed by atoms with E-state index >= 15 is 0 Å². The van der Waals surface area contributed by atoms with E-state index in [9.17, 15) is 13.9 Å². The Labute approximate surface area is 119 Å². The minimum atomic E-state index is -2.86. The van der Waals surface area contributed by atoms with Crippen LogP contribution in [0, 0.1) is 5.92 Å². The summed E-state index contributed by atoms with van der Waals surface area (Å²) >= 11 is 0. The summed E-state index contributed by atoms with van der Waals surface area (Å²) in [5.74, 6) is 0.535. The molecule has 0 heterocycles. The summed E-state index contributed by atoms with van der Waals surface area (Å²) in [7, 11) is 0. The Kier molecular flexibility index (Phi) is 6.88. The highest BCUT2D eigenvalue weighted by molar-refractivity contribution is 5.30. The van der Waals surface area contributed by atoms with Gasteiger partial charge >= 0.3 is 6.61 Å². The molecule has 0 radical (unpaired) electrons. The lowest BCUT2D eigenvalue weighted by molar-refractivity contribution is -0.0499. The van der Waals surface area contributed by atoms with Crippen LogP contribution >= 0.6 is 0 Å². The molecule has 0 saturated heterocycles. The van der Waals surface area contributed by atoms with Crippen LogP contribution in [-0.2, 0) is 0 Å². The fraction of sp³-hybridized carbons (Fsp3) is 0.600. The molecule has 0 spiro atoms. The fourth-order valence-corrected chi connectivity index (χ4v) is 2.13. The van der Waals surface area contributed by atoms with Crippen molar-refractivity contribution in [1.82, 2.24) is 5.32 Å². The smallest absolute Gasteiger partial charge is 0.387 e. The average molecular weight is 287 g/mol. The van der Waals surface area contributed by atoms with Crippen molar-refractivity contribution in [3.8, 4) is 5.75 Å². The molecule has 0 aliphatic carbocycles. The lowest BCUT2D eigenvalue weighted by Gasteiger charge is -2.23. The van der Waals surface area contributed by atoms with Gasteiger partial charge in [-0.05, 0) is 30.0 Å². The summed E-state index contributed by atoms with van der Waals surface area (Å²) in [4.78, 5) is 0. The standard InChI is InChI=1S/C15H23F2NO2/c1-4-13(10(2)3)18-9-14(19)11-6-5-7-12(8-11)20-15(16)17/h5-8,10,13-15,18-19H,4,9H2,1-3H3. The SMILES string of the molecule is CCC(NCC(O)c1cccc(OC(F)F)c1)C(C)C. The maximum atomic E-state index is 12.1. The average Bonchev–Trinajstić information content (AvgIpc) is 2.38. The molecule has 0 fully saturated rings. The van der Waals surface area contributed by atoms with Crippen molar-refractivity contribution in [2.24, 2.45) is 5.92 Å². The fourth-order valence-electron chi connectivity index (χ4n) is 2.13. The summed E-state index contributed by atoms with van der Waals surface area (Å²) in [5, 5.41) is 13.4. The minimum Gasteiger partial charge on any atom is -0.435 e. The third-order valence-electron chi connectivity index (χ3n) is 3.29. The number of benzene rings is 1. The van der Waals surface area contributed by atoms with Gasteiger partial charge in [-0.25, -0.2) is 0 Å². The van der Waals surface area contributed by atoms with Crippen molar-refractivity contribution < 1.29 is 18.6 Å². The first-order chi connectivity index (χ1) is 9.43. The van der Waals surface area contributed by atoms with E-state index in [1.54, 1.807) is 12.1 Å². The molecule has 1 rings (SSSR count). The molecule has 1 aromatic carbocycles. The highest BCUT2D eigenvalue weighted by Gasteiger charge is 2.14. The van der Waals surface area contributed by atoms with Crippen LogP contribution in [0.4, 0.5) is 8.78 Å². The van der Waals surface area contributed by atoms with Gasteiger partial charge in [0, 0.05) is 12.6 Å². The summed E-state index contributed by atoms with van der Waals surface area (Å²) in [6.07, 6.45) is 0.225. The lowest BCUT2D eigenvalue weighted by Crippen LogP contribution is -2.36. The summed E-state index contributed by atoms with van der Waals surface area (Å²) in [6, 6.07) is 6.50. The molecular formula is C15H23F2NO2. The maximum absolute atomic E-state index is 12.1. The van der Waals surface area contributed by atoms with Crippen LogP contribution < -0.4 is 10.1 Å². The van der Waals surface area contributed by atoms with Crippen molar-refractivity contribution in [2.75, 3.05) is 6.54 Å². The van der Waals surface area contributed by atoms with Gasteiger partial charge in [-0.2, -0.15) is 8.78 Å². The quantitative estimate of drug-likeness (QED) is 0.770. The van der Waals surface area contributed by atoms with E-state index in [2.05, 4.69) is 30.8 Å². The number of ether oxygens (including phenoxy) is 1. The van der Waals surface area contributed by atoms with Crippen molar-refractivity contribution >= 4 is 0 Å². The van der Waals surface area contributed by atoms with Crippen molar-refractivity contribution in [3.63, 3.8) is 0 Å². The summed E-state index contributed by atoms with van der Waals surface area (Å²) < 4.78 is 28.6. The number of nitrogens with one attached hydrogen (secondary N) is 1. The van der Waals surface area contributed by atoms with Crippen LogP contribution in [0.5, 0.6) is 5.75 Å². The number of halogens is 2. The Morgan fingerprint density at radius 3 is 2.55 bits per heavy atom. The number of aliphatic hydroxyl groups excluding tert-OH is 1. The van der Waals surface area contributed by atoms with Gasteiger partial charge < -0.3 is 15.2 Å². The normalized spacial score (nSPS) is 14.6. The zero-order valence-electron chi connectivity index (χ0n) is 12.1. The van der Waals surface area contributed by atoms with Crippen LogP contribution in [0.1, 0.15) is 38.9 Å². The highest BCUT2D eigenvalue weighted by Crippen LogP contribution is 2.21. The molecule has 114 valence electrons. The molecule has 2 unspecified atom stereocenters. The monoisotopic (exact) mass is 287 g/mol. The highest BCUT2D eigenvalue weighted by atomic mass is 19.3. The number of alkyl halides is 2. The van der Waals surface area contributed by atoms with Crippen LogP contribution in [0.2, 0.25) is 0 Å². The largest absolute Gasteiger partial charge is 0.435 e. The molecule has 1 aromatic rings. The van der Waals surface area contributed by atoms with Gasteiger partial charge in [-0.1, -0.05) is 32.9 Å². The molecule has 0 saturated carbocycles. The van der Waals surface area contributed by atoms with Crippen LogP contribution in [0.3, 0.4) is 0 Å². The van der Waals surface area contributed by atoms with E-state index in [1.807, 2.05) is 0 Å². The summed E-state index contributed by atoms with van der Waals surface area (Å²) in [6.45, 7) is 3.84. The molecule has 2 N–H and O–H groups in total. The molecule has 0 bridgehead atoms. The first kappa shape index (κ1) is 16.9. The third-order valence-corrected chi connectivity index (χ3v) is 3.29. The Bertz CT molecular complexity index is 399. The number of hydrogen-bond acceptors (Lipinski definition) is 3. The van der Waals surface area contributed by atoms with E-state index in [-0.39, 0.29) is 5.75 Å². The van der Waals surface area contributed by atoms with Gasteiger partial charge in [-0.3, -0.25) is 0 Å². The predicted octanol–water partition coefficient (Wildman–Crippen LogP) is 3.35. The van der Waals surface area contributed by atoms with Crippen LogP contribution in [0.15, 0.2) is 24.3 Å². The van der Waals surface area contributed by atoms with Crippen LogP contribution in [0.25, 0.3) is 0 Å². The maximum Gasteiger partial charge on any atom is 0.387 e. The van der Waals surface area contributed by atoms with E-state index in [0.717, 1.165) is 6.42 Å². The van der Waals surface area contributed by atoms with E-state index in [0.29, 0.717) is 24.1 Å². The molecule has 0 aliphatic heterocycles. The molecule has 0 aromatic heterocycles. The number of rotatable bonds is 8. The molecule has 0 amide bonds. The van der Waals surface area contributed by atoms with Gasteiger partial charge in [0.25, 0.3) is 0 Å². The number of hydrogen-bond donors (Lipinski definition) is 2. The second-order valence-corrected chi connectivity index (χ2v) is 5.13. The topological polar surface area (TPSA) is 41.5 Å². The molecular weight excluding hydrogens is 264 g/mol. The minimum absolute atomic E-state index is 0.0625.